The van der Waals surface area contributed by atoms with Gasteiger partial charge in [-0.15, -0.1) is 0 Å². The van der Waals surface area contributed by atoms with Crippen molar-refractivity contribution in [2.75, 3.05) is 369 Å². The third kappa shape index (κ3) is 51.5. The van der Waals surface area contributed by atoms with Crippen molar-refractivity contribution in [2.45, 2.75) is 13.0 Å². The molecule has 0 aromatic rings. The lowest BCUT2D eigenvalue weighted by Gasteiger charge is -2.35. The summed E-state index contributed by atoms with van der Waals surface area (Å²) >= 11 is 0. The molecule has 0 aliphatic heterocycles. The van der Waals surface area contributed by atoms with Crippen LogP contribution in [0.3, 0.4) is 0 Å². The Morgan fingerprint density at radius 1 is 0.234 bits per heavy atom. The fourth-order valence-corrected chi connectivity index (χ4v) is 9.98. The Hall–Kier alpha value is -1.65. The number of esters is 1. The first-order valence-corrected chi connectivity index (χ1v) is 30.4. The minimum absolute atomic E-state index is 0.00250. The molecule has 0 aromatic heterocycles. The van der Waals surface area contributed by atoms with Crippen LogP contribution in [0.2, 0.25) is 0 Å². The van der Waals surface area contributed by atoms with Crippen molar-refractivity contribution in [3.63, 3.8) is 0 Å². The number of ether oxygens (including phenoxy) is 27. The second-order valence-corrected chi connectivity index (χ2v) is 23.4. The van der Waals surface area contributed by atoms with Crippen LogP contribution in [0.1, 0.15) is 6.92 Å². The van der Waals surface area contributed by atoms with Crippen LogP contribution in [-0.4, -0.2) is 391 Å². The second kappa shape index (κ2) is 69.8. The monoisotopic (exact) mass is 1390 g/mol. The second-order valence-electron chi connectivity index (χ2n) is 23.4. The molecule has 0 saturated carbocycles. The summed E-state index contributed by atoms with van der Waals surface area (Å²) in [5, 5.41) is 18.8. The molecule has 0 bridgehead atoms. The Kier molecular flexibility index (Phi) is 76.8. The highest BCUT2D eigenvalue weighted by Gasteiger charge is 2.38. The highest BCUT2D eigenvalue weighted by molar-refractivity contribution is 5.65. The van der Waals surface area contributed by atoms with E-state index in [0.29, 0.717) is 178 Å². The fourth-order valence-electron chi connectivity index (χ4n) is 9.98. The molecule has 30 nitrogen and oxygen atoms in total. The molecule has 0 amide bonds. The van der Waals surface area contributed by atoms with E-state index >= 15 is 0 Å². The third-order valence-electron chi connectivity index (χ3n) is 13.4. The molecule has 30 heteroatoms. The van der Waals surface area contributed by atoms with E-state index in [9.17, 15) is 9.90 Å². The van der Waals surface area contributed by atoms with Crippen LogP contribution < -0.4 is 0 Å². The first kappa shape index (κ1) is 103. The number of carbonyl (C=O) groups excluding carboxylic acids is 1. The predicted molar refractivity (Wildman–Crippen MR) is 353 cm³/mol. The van der Waals surface area contributed by atoms with Crippen LogP contribution in [0, 0.1) is 37.9 Å². The van der Waals surface area contributed by atoms with E-state index in [1.807, 2.05) is 0 Å². The van der Waals surface area contributed by atoms with E-state index < -0.39 is 16.2 Å². The number of hydrogen-bond acceptors (Lipinski definition) is 30. The number of rotatable bonds is 59. The van der Waals surface area contributed by atoms with Crippen LogP contribution in [0.15, 0.2) is 0 Å². The van der Waals surface area contributed by atoms with Gasteiger partial charge in [0.1, 0.15) is 12.7 Å². The molecule has 0 unspecified atom stereocenters. The first-order chi connectivity index (χ1) is 45.1. The Morgan fingerprint density at radius 3 is 0.532 bits per heavy atom. The molecule has 0 fully saturated rings. The minimum atomic E-state index is -0.581. The summed E-state index contributed by atoms with van der Waals surface area (Å²) in [6.07, 6.45) is 0.0694. The van der Waals surface area contributed by atoms with E-state index in [2.05, 4.69) is 0 Å². The maximum absolute atomic E-state index is 10.8. The van der Waals surface area contributed by atoms with Crippen molar-refractivity contribution >= 4 is 5.97 Å². The summed E-state index contributed by atoms with van der Waals surface area (Å²) in [6, 6.07) is 0. The van der Waals surface area contributed by atoms with Gasteiger partial charge in [0.05, 0.1) is 230 Å². The van der Waals surface area contributed by atoms with Crippen molar-refractivity contribution in [3.8, 4) is 0 Å². The van der Waals surface area contributed by atoms with Crippen LogP contribution >= 0.6 is 0 Å². The van der Waals surface area contributed by atoms with Crippen LogP contribution in [0.5, 0.6) is 0 Å². The van der Waals surface area contributed by atoms with Gasteiger partial charge in [0.25, 0.3) is 0 Å². The zero-order valence-electron chi connectivity index (χ0n) is 63.1. The molecule has 0 spiro atoms. The SMILES string of the molecule is COCC(CO)(COC)COC.COCC(CO)(COC)COCC(COC)(COC)COC.COCC(COC)(COC)COC.COCC(COC)(COC)COC(C)=O.COCC(COC)(COC)COCC(COC)(COC)COC.COCC(COC)OC. The van der Waals surface area contributed by atoms with Gasteiger partial charge in [0.15, 0.2) is 0 Å². The average molecular weight is 1390 g/mol. The van der Waals surface area contributed by atoms with Gasteiger partial charge in [-0.3, -0.25) is 4.79 Å². The summed E-state index contributed by atoms with van der Waals surface area (Å²) in [5.41, 5.74) is -2.70. The zero-order valence-corrected chi connectivity index (χ0v) is 63.1. The van der Waals surface area contributed by atoms with E-state index in [4.69, 9.17) is 133 Å². The molecule has 0 heterocycles. The van der Waals surface area contributed by atoms with Gasteiger partial charge in [-0.05, 0) is 0 Å². The van der Waals surface area contributed by atoms with E-state index in [0.717, 1.165) is 0 Å². The highest BCUT2D eigenvalue weighted by Crippen LogP contribution is 2.27. The quantitative estimate of drug-likeness (QED) is 0.0826. The Labute approximate surface area is 567 Å². The van der Waals surface area contributed by atoms with Gasteiger partial charge in [-0.2, -0.15) is 0 Å². The average Bonchev–Trinajstić information content (AvgIpc) is 0.940. The molecule has 2 N–H and O–H groups in total. The van der Waals surface area contributed by atoms with E-state index in [1.54, 1.807) is 171 Å². The van der Waals surface area contributed by atoms with Crippen molar-refractivity contribution in [2.24, 2.45) is 37.9 Å². The molecule has 0 aliphatic rings. The van der Waals surface area contributed by atoms with E-state index in [-0.39, 0.29) is 53.6 Å². The highest BCUT2D eigenvalue weighted by atomic mass is 16.6. The fraction of sp³-hybridized carbons (Fsp3) is 0.984. The molecular weight excluding hydrogens is 1250 g/mol. The van der Waals surface area contributed by atoms with Crippen molar-refractivity contribution in [1.82, 2.24) is 0 Å². The number of aliphatic hydroxyl groups excluding tert-OH is 2. The number of carbonyl (C=O) groups is 1. The zero-order chi connectivity index (χ0) is 73.0. The molecule has 0 radical (unpaired) electrons. The lowest BCUT2D eigenvalue weighted by molar-refractivity contribution is -0.150. The molecule has 0 atom stereocenters. The normalized spacial score (nSPS) is 12.2. The summed E-state index contributed by atoms with van der Waals surface area (Å²) in [7, 11) is 39.1. The van der Waals surface area contributed by atoms with Gasteiger partial charge in [0, 0.05) is 178 Å². The van der Waals surface area contributed by atoms with Gasteiger partial charge in [-0.25, -0.2) is 0 Å². The first-order valence-electron chi connectivity index (χ1n) is 30.4. The number of aliphatic hydroxyl groups is 2. The standard InChI is InChI=1S/C16H34O7.C15H32O7.C10H20O5.C9H20O4.C8H18O4.C6H14O3/c1-17-7-15(8-18-2,9-19-3)13-23-14-16(10-20-4,11-21-5)12-22-6;1-17-7-14(6-16,8-18-2)12-22-13-15(9-19-3,10-20-4)11-21-5;1-9(11)15-8-10(5-12-2,6-13-3)7-14-4;1-10-5-9(6-11-2,7-12-3)8-13-4;1-10-5-8(4-9,6-11-2)7-12-3;1-7-4-6(9-3)5-8-2/h7-14H2,1-6H3;16H,6-13H2,1-5H3;5-8H2,1-4H3;5-8H2,1-4H3;9H,4-7H2,1-3H3;6H,4-5H2,1-3H3. The number of methoxy groups -OCH3 is 24. The molecule has 0 aromatic carbocycles. The summed E-state index contributed by atoms with van der Waals surface area (Å²) in [6.45, 7) is 14.1. The minimum Gasteiger partial charge on any atom is -0.465 e. The maximum Gasteiger partial charge on any atom is 0.302 e. The Bertz CT molecular complexity index is 1370. The van der Waals surface area contributed by atoms with Crippen LogP contribution in [-0.2, 0) is 133 Å². The largest absolute Gasteiger partial charge is 0.465 e. The van der Waals surface area contributed by atoms with Crippen LogP contribution in [0.25, 0.3) is 0 Å². The van der Waals surface area contributed by atoms with Crippen molar-refractivity contribution < 1.29 is 143 Å². The molecule has 574 valence electrons. The predicted octanol–water partition coefficient (Wildman–Crippen LogP) is 2.29. The lowest BCUT2D eigenvalue weighted by Crippen LogP contribution is -2.45. The molecular formula is C64H138O30. The smallest absolute Gasteiger partial charge is 0.302 e. The lowest BCUT2D eigenvalue weighted by atomic mass is 9.90. The summed E-state index contributed by atoms with van der Waals surface area (Å²) in [5.74, 6) is -0.317. The third-order valence-corrected chi connectivity index (χ3v) is 13.4. The Balaban J connectivity index is -0.000000254. The van der Waals surface area contributed by atoms with Gasteiger partial charge in [-0.1, -0.05) is 0 Å². The summed E-state index contributed by atoms with van der Waals surface area (Å²) < 4.78 is 140. The molecule has 0 aliphatic carbocycles. The van der Waals surface area contributed by atoms with Crippen molar-refractivity contribution in [1.29, 1.82) is 0 Å². The number of hydrogen-bond donors (Lipinski definition) is 2. The maximum atomic E-state index is 10.8. The summed E-state index contributed by atoms with van der Waals surface area (Å²) in [4.78, 5) is 10.8. The topological polar surface area (TPSA) is 307 Å². The van der Waals surface area contributed by atoms with Gasteiger partial charge >= 0.3 is 5.97 Å². The van der Waals surface area contributed by atoms with Crippen molar-refractivity contribution in [3.05, 3.63) is 0 Å². The van der Waals surface area contributed by atoms with Gasteiger partial charge in [0.2, 0.25) is 0 Å². The van der Waals surface area contributed by atoms with Gasteiger partial charge < -0.3 is 138 Å². The molecule has 94 heavy (non-hydrogen) atoms. The molecule has 0 rings (SSSR count). The van der Waals surface area contributed by atoms with Crippen LogP contribution in [0.4, 0.5) is 0 Å². The van der Waals surface area contributed by atoms with E-state index in [1.165, 1.54) is 6.92 Å². The molecule has 0 saturated heterocycles. The Morgan fingerprint density at radius 2 is 0.383 bits per heavy atom.